The first-order valence-electron chi connectivity index (χ1n) is 11.5. The SMILES string of the molecule is COCCOC(=O)C1=C(C)NC2=C(C(=O)C[C@H](c3ccc(OC)cc3)C2)[C@H]1c1ccc(C)cc1. The van der Waals surface area contributed by atoms with Gasteiger partial charge in [0.25, 0.3) is 0 Å². The molecule has 0 saturated heterocycles. The van der Waals surface area contributed by atoms with Crippen LogP contribution >= 0.6 is 0 Å². The summed E-state index contributed by atoms with van der Waals surface area (Å²) in [5, 5.41) is 3.39. The van der Waals surface area contributed by atoms with Gasteiger partial charge in [0.15, 0.2) is 5.78 Å². The molecule has 1 N–H and O–H groups in total. The van der Waals surface area contributed by atoms with Crippen LogP contribution in [0.5, 0.6) is 5.75 Å². The molecule has 2 aromatic carbocycles. The van der Waals surface area contributed by atoms with Crippen LogP contribution in [0.3, 0.4) is 0 Å². The fourth-order valence-electron chi connectivity index (χ4n) is 4.81. The maximum absolute atomic E-state index is 13.6. The molecule has 0 radical (unpaired) electrons. The molecule has 0 aromatic heterocycles. The first-order chi connectivity index (χ1) is 16.4. The Kier molecular flexibility index (Phi) is 7.17. The second kappa shape index (κ2) is 10.3. The van der Waals surface area contributed by atoms with Crippen molar-refractivity contribution >= 4 is 11.8 Å². The highest BCUT2D eigenvalue weighted by Crippen LogP contribution is 2.45. The first-order valence-corrected chi connectivity index (χ1v) is 11.5. The number of methoxy groups -OCH3 is 2. The van der Waals surface area contributed by atoms with Gasteiger partial charge in [-0.25, -0.2) is 4.79 Å². The number of esters is 1. The Hall–Kier alpha value is -3.38. The molecule has 2 aliphatic rings. The molecule has 4 rings (SSSR count). The van der Waals surface area contributed by atoms with Crippen molar-refractivity contribution in [3.05, 3.63) is 87.8 Å². The van der Waals surface area contributed by atoms with Gasteiger partial charge in [-0.05, 0) is 49.4 Å². The zero-order valence-electron chi connectivity index (χ0n) is 20.1. The molecule has 178 valence electrons. The third kappa shape index (κ3) is 4.77. The zero-order chi connectivity index (χ0) is 24.2. The number of aryl methyl sites for hydroxylation is 1. The predicted molar refractivity (Wildman–Crippen MR) is 130 cm³/mol. The average Bonchev–Trinajstić information content (AvgIpc) is 2.83. The Bertz CT molecular complexity index is 1130. The quantitative estimate of drug-likeness (QED) is 0.482. The van der Waals surface area contributed by atoms with Crippen LogP contribution < -0.4 is 10.1 Å². The van der Waals surface area contributed by atoms with Crippen LogP contribution in [0, 0.1) is 6.92 Å². The number of hydrogen-bond acceptors (Lipinski definition) is 6. The van der Waals surface area contributed by atoms with Crippen molar-refractivity contribution in [2.75, 3.05) is 27.4 Å². The summed E-state index contributed by atoms with van der Waals surface area (Å²) in [5.41, 5.74) is 5.87. The highest BCUT2D eigenvalue weighted by atomic mass is 16.6. The van der Waals surface area contributed by atoms with Gasteiger partial charge in [-0.3, -0.25) is 4.79 Å². The van der Waals surface area contributed by atoms with Crippen LogP contribution in [0.2, 0.25) is 0 Å². The summed E-state index contributed by atoms with van der Waals surface area (Å²) in [6, 6.07) is 15.9. The highest BCUT2D eigenvalue weighted by Gasteiger charge is 2.41. The summed E-state index contributed by atoms with van der Waals surface area (Å²) in [7, 11) is 3.20. The molecule has 0 bridgehead atoms. The van der Waals surface area contributed by atoms with E-state index in [4.69, 9.17) is 14.2 Å². The van der Waals surface area contributed by atoms with E-state index >= 15 is 0 Å². The molecule has 0 fully saturated rings. The van der Waals surface area contributed by atoms with Crippen molar-refractivity contribution in [3.63, 3.8) is 0 Å². The number of carbonyl (C=O) groups excluding carboxylic acids is 2. The van der Waals surface area contributed by atoms with Gasteiger partial charge in [-0.15, -0.1) is 0 Å². The van der Waals surface area contributed by atoms with Crippen LogP contribution in [0.1, 0.15) is 48.3 Å². The maximum Gasteiger partial charge on any atom is 0.336 e. The summed E-state index contributed by atoms with van der Waals surface area (Å²) in [6.07, 6.45) is 1.08. The summed E-state index contributed by atoms with van der Waals surface area (Å²) < 4.78 is 15.8. The number of dihydropyridines is 1. The van der Waals surface area contributed by atoms with Gasteiger partial charge in [0.2, 0.25) is 0 Å². The van der Waals surface area contributed by atoms with Gasteiger partial charge >= 0.3 is 5.97 Å². The molecule has 1 aliphatic heterocycles. The number of hydrogen-bond donors (Lipinski definition) is 1. The third-order valence-corrected chi connectivity index (χ3v) is 6.57. The van der Waals surface area contributed by atoms with E-state index in [2.05, 4.69) is 5.32 Å². The number of rotatable bonds is 7. The van der Waals surface area contributed by atoms with Gasteiger partial charge in [0, 0.05) is 36.4 Å². The van der Waals surface area contributed by atoms with E-state index in [0.29, 0.717) is 30.6 Å². The Morgan fingerprint density at radius 3 is 2.26 bits per heavy atom. The number of nitrogens with one attached hydrogen (secondary N) is 1. The van der Waals surface area contributed by atoms with Crippen molar-refractivity contribution in [2.24, 2.45) is 0 Å². The number of carbonyl (C=O) groups is 2. The number of ether oxygens (including phenoxy) is 3. The average molecular weight is 462 g/mol. The number of benzene rings is 2. The molecule has 34 heavy (non-hydrogen) atoms. The van der Waals surface area contributed by atoms with Crippen LogP contribution in [-0.4, -0.2) is 39.2 Å². The van der Waals surface area contributed by atoms with E-state index in [1.807, 2.05) is 62.4 Å². The lowest BCUT2D eigenvalue weighted by atomic mass is 9.71. The normalized spacial score (nSPS) is 20.1. The van der Waals surface area contributed by atoms with Crippen molar-refractivity contribution in [1.82, 2.24) is 5.32 Å². The molecule has 0 spiro atoms. The lowest BCUT2D eigenvalue weighted by Crippen LogP contribution is -2.36. The van der Waals surface area contributed by atoms with E-state index < -0.39 is 11.9 Å². The minimum Gasteiger partial charge on any atom is -0.497 e. The second-order valence-corrected chi connectivity index (χ2v) is 8.83. The molecular weight excluding hydrogens is 430 g/mol. The Morgan fingerprint density at radius 2 is 1.62 bits per heavy atom. The van der Waals surface area contributed by atoms with Gasteiger partial charge in [0.05, 0.1) is 19.3 Å². The topological polar surface area (TPSA) is 73.9 Å². The van der Waals surface area contributed by atoms with Crippen LogP contribution in [0.25, 0.3) is 0 Å². The van der Waals surface area contributed by atoms with Gasteiger partial charge in [-0.1, -0.05) is 42.0 Å². The fraction of sp³-hybridized carbons (Fsp3) is 0.357. The molecule has 0 unspecified atom stereocenters. The summed E-state index contributed by atoms with van der Waals surface area (Å²) in [4.78, 5) is 26.7. The Labute approximate surface area is 200 Å². The van der Waals surface area contributed by atoms with Crippen LogP contribution in [0.4, 0.5) is 0 Å². The number of allylic oxidation sites excluding steroid dienone is 3. The monoisotopic (exact) mass is 461 g/mol. The number of ketones is 1. The van der Waals surface area contributed by atoms with Crippen molar-refractivity contribution in [3.8, 4) is 5.75 Å². The van der Waals surface area contributed by atoms with Gasteiger partial charge < -0.3 is 19.5 Å². The maximum atomic E-state index is 13.6. The molecule has 1 aliphatic carbocycles. The predicted octanol–water partition coefficient (Wildman–Crippen LogP) is 4.55. The summed E-state index contributed by atoms with van der Waals surface area (Å²) in [6.45, 7) is 4.37. The smallest absolute Gasteiger partial charge is 0.336 e. The molecule has 1 heterocycles. The molecule has 6 nitrogen and oxygen atoms in total. The summed E-state index contributed by atoms with van der Waals surface area (Å²) in [5.74, 6) is 0.0121. The van der Waals surface area contributed by atoms with Crippen molar-refractivity contribution < 1.29 is 23.8 Å². The molecular formula is C28H31NO5. The van der Waals surface area contributed by atoms with Crippen LogP contribution in [-0.2, 0) is 19.1 Å². The molecule has 2 aromatic rings. The number of Topliss-reactive ketones (excluding diaryl/α,β-unsaturated/α-hetero) is 1. The minimum absolute atomic E-state index is 0.0508. The molecule has 0 saturated carbocycles. The fourth-order valence-corrected chi connectivity index (χ4v) is 4.81. The van der Waals surface area contributed by atoms with Crippen LogP contribution in [0.15, 0.2) is 71.1 Å². The highest BCUT2D eigenvalue weighted by molar-refractivity contribution is 6.04. The van der Waals surface area contributed by atoms with Crippen molar-refractivity contribution in [2.45, 2.75) is 38.5 Å². The molecule has 2 atom stereocenters. The van der Waals surface area contributed by atoms with Crippen molar-refractivity contribution in [1.29, 1.82) is 0 Å². The van der Waals surface area contributed by atoms with Gasteiger partial charge in [-0.2, -0.15) is 0 Å². The van der Waals surface area contributed by atoms with E-state index in [1.54, 1.807) is 14.2 Å². The zero-order valence-corrected chi connectivity index (χ0v) is 20.1. The first kappa shape index (κ1) is 23.8. The third-order valence-electron chi connectivity index (χ3n) is 6.57. The molecule has 6 heteroatoms. The second-order valence-electron chi connectivity index (χ2n) is 8.83. The van der Waals surface area contributed by atoms with Gasteiger partial charge in [0.1, 0.15) is 12.4 Å². The van der Waals surface area contributed by atoms with E-state index in [0.717, 1.165) is 33.8 Å². The Balaban J connectivity index is 1.72. The van der Waals surface area contributed by atoms with E-state index in [9.17, 15) is 9.59 Å². The lowest BCUT2D eigenvalue weighted by Gasteiger charge is -2.36. The minimum atomic E-state index is -0.462. The Morgan fingerprint density at radius 1 is 0.941 bits per heavy atom. The molecule has 0 amide bonds. The largest absolute Gasteiger partial charge is 0.497 e. The van der Waals surface area contributed by atoms with E-state index in [1.165, 1.54) is 0 Å². The standard InChI is InChI=1S/C28H31NO5/c1-17-5-7-20(8-6-17)26-25(28(31)34-14-13-32-3)18(2)29-23-15-21(16-24(30)27(23)26)19-9-11-22(33-4)12-10-19/h5-12,21,26,29H,13-16H2,1-4H3/t21-,26+/m1/s1. The summed E-state index contributed by atoms with van der Waals surface area (Å²) >= 11 is 0. The lowest BCUT2D eigenvalue weighted by molar-refractivity contribution is -0.140. The van der Waals surface area contributed by atoms with E-state index in [-0.39, 0.29) is 18.3 Å².